The van der Waals surface area contributed by atoms with E-state index in [1.54, 1.807) is 0 Å². The van der Waals surface area contributed by atoms with E-state index in [9.17, 15) is 4.79 Å². The van der Waals surface area contributed by atoms with Crippen molar-refractivity contribution >= 4 is 5.91 Å². The second-order valence-corrected chi connectivity index (χ2v) is 6.15. The van der Waals surface area contributed by atoms with Gasteiger partial charge in [-0.2, -0.15) is 0 Å². The highest BCUT2D eigenvalue weighted by molar-refractivity contribution is 5.75. The Labute approximate surface area is 122 Å². The van der Waals surface area contributed by atoms with E-state index in [4.69, 9.17) is 4.74 Å². The minimum Gasteiger partial charge on any atom is -0.379 e. The summed E-state index contributed by atoms with van der Waals surface area (Å²) in [4.78, 5) is 16.7. The summed E-state index contributed by atoms with van der Waals surface area (Å²) in [6.07, 6.45) is 3.82. The Kier molecular flexibility index (Phi) is 5.81. The number of likely N-dealkylation sites (tertiary alicyclic amines) is 1. The molecule has 2 rings (SSSR count). The van der Waals surface area contributed by atoms with E-state index >= 15 is 0 Å². The molecule has 2 aliphatic heterocycles. The summed E-state index contributed by atoms with van der Waals surface area (Å²) >= 11 is 0. The van der Waals surface area contributed by atoms with Crippen LogP contribution in [0.2, 0.25) is 0 Å². The van der Waals surface area contributed by atoms with Gasteiger partial charge in [0.2, 0.25) is 5.91 Å². The molecule has 116 valence electrons. The van der Waals surface area contributed by atoms with Gasteiger partial charge in [-0.25, -0.2) is 0 Å². The minimum atomic E-state index is 0.139. The average molecular weight is 283 g/mol. The number of piperidine rings is 1. The Balaban J connectivity index is 1.97. The van der Waals surface area contributed by atoms with Crippen molar-refractivity contribution < 1.29 is 9.53 Å². The highest BCUT2D eigenvalue weighted by Crippen LogP contribution is 2.29. The molecule has 0 saturated carbocycles. The van der Waals surface area contributed by atoms with Gasteiger partial charge in [-0.05, 0) is 39.4 Å². The molecule has 20 heavy (non-hydrogen) atoms. The number of hydrogen-bond donors (Lipinski definition) is 1. The van der Waals surface area contributed by atoms with Crippen molar-refractivity contribution in [1.82, 2.24) is 15.1 Å². The Morgan fingerprint density at radius 3 is 2.45 bits per heavy atom. The molecule has 2 aliphatic rings. The van der Waals surface area contributed by atoms with Gasteiger partial charge < -0.3 is 15.0 Å². The van der Waals surface area contributed by atoms with Crippen LogP contribution in [0.3, 0.4) is 0 Å². The van der Waals surface area contributed by atoms with E-state index < -0.39 is 0 Å². The molecule has 5 nitrogen and oxygen atoms in total. The summed E-state index contributed by atoms with van der Waals surface area (Å²) in [6.45, 7) is 8.69. The van der Waals surface area contributed by atoms with Crippen LogP contribution < -0.4 is 5.32 Å². The molecule has 5 heteroatoms. The van der Waals surface area contributed by atoms with Crippen LogP contribution in [0, 0.1) is 0 Å². The van der Waals surface area contributed by atoms with Crippen molar-refractivity contribution in [1.29, 1.82) is 0 Å². The van der Waals surface area contributed by atoms with Crippen LogP contribution in [0.15, 0.2) is 0 Å². The lowest BCUT2D eigenvalue weighted by atomic mass is 9.85. The number of nitrogens with one attached hydrogen (secondary N) is 1. The predicted octanol–water partition coefficient (Wildman–Crippen LogP) is 0.699. The fraction of sp³-hybridized carbons (Fsp3) is 0.933. The molecule has 2 saturated heterocycles. The molecular formula is C15H29N3O2. The summed E-state index contributed by atoms with van der Waals surface area (Å²) in [5, 5.41) is 3.17. The van der Waals surface area contributed by atoms with E-state index in [1.165, 1.54) is 0 Å². The molecule has 1 N–H and O–H groups in total. The van der Waals surface area contributed by atoms with Gasteiger partial charge in [0.15, 0.2) is 0 Å². The monoisotopic (exact) mass is 283 g/mol. The standard InChI is InChI=1S/C15H29N3O2/c1-3-4-14(19)16-13-15(5-7-17(2)8-6-15)18-9-11-20-12-10-18/h3-13H2,1-2H3,(H,16,19). The molecule has 0 aromatic carbocycles. The first-order valence-corrected chi connectivity index (χ1v) is 7.94. The topological polar surface area (TPSA) is 44.8 Å². The third-order valence-corrected chi connectivity index (χ3v) is 4.69. The first kappa shape index (κ1) is 15.7. The maximum atomic E-state index is 11.8. The van der Waals surface area contributed by atoms with Crippen LogP contribution >= 0.6 is 0 Å². The Bertz CT molecular complexity index is 308. The molecule has 2 fully saturated rings. The molecule has 0 aromatic rings. The Hall–Kier alpha value is -0.650. The number of morpholine rings is 1. The van der Waals surface area contributed by atoms with E-state index in [1.807, 2.05) is 6.92 Å². The van der Waals surface area contributed by atoms with Crippen LogP contribution in [0.4, 0.5) is 0 Å². The molecule has 0 spiro atoms. The van der Waals surface area contributed by atoms with Gasteiger partial charge >= 0.3 is 0 Å². The highest BCUT2D eigenvalue weighted by atomic mass is 16.5. The zero-order valence-corrected chi connectivity index (χ0v) is 13.0. The van der Waals surface area contributed by atoms with Gasteiger partial charge in [-0.1, -0.05) is 6.92 Å². The quantitative estimate of drug-likeness (QED) is 0.807. The Morgan fingerprint density at radius 2 is 1.85 bits per heavy atom. The van der Waals surface area contributed by atoms with Gasteiger partial charge in [0.05, 0.1) is 13.2 Å². The molecule has 0 bridgehead atoms. The number of carbonyl (C=O) groups excluding carboxylic acids is 1. The smallest absolute Gasteiger partial charge is 0.220 e. The third-order valence-electron chi connectivity index (χ3n) is 4.69. The first-order valence-electron chi connectivity index (χ1n) is 7.94. The van der Waals surface area contributed by atoms with E-state index in [2.05, 4.69) is 22.2 Å². The highest BCUT2D eigenvalue weighted by Gasteiger charge is 2.39. The number of nitrogens with zero attached hydrogens (tertiary/aromatic N) is 2. The minimum absolute atomic E-state index is 0.139. The van der Waals surface area contributed by atoms with Gasteiger partial charge in [0.1, 0.15) is 0 Å². The number of rotatable bonds is 5. The molecule has 0 radical (unpaired) electrons. The average Bonchev–Trinajstić information content (AvgIpc) is 2.48. The summed E-state index contributed by atoms with van der Waals surface area (Å²) in [5.41, 5.74) is 0.139. The largest absolute Gasteiger partial charge is 0.379 e. The van der Waals surface area contributed by atoms with Gasteiger partial charge in [-0.15, -0.1) is 0 Å². The number of amides is 1. The van der Waals surface area contributed by atoms with Crippen LogP contribution in [0.5, 0.6) is 0 Å². The van der Waals surface area contributed by atoms with Crippen molar-refractivity contribution in [3.63, 3.8) is 0 Å². The summed E-state index contributed by atoms with van der Waals surface area (Å²) < 4.78 is 5.48. The fourth-order valence-corrected chi connectivity index (χ4v) is 3.26. The van der Waals surface area contributed by atoms with Crippen molar-refractivity contribution in [2.24, 2.45) is 0 Å². The fourth-order valence-electron chi connectivity index (χ4n) is 3.26. The zero-order valence-electron chi connectivity index (χ0n) is 13.0. The number of carbonyl (C=O) groups is 1. The first-order chi connectivity index (χ1) is 9.66. The second-order valence-electron chi connectivity index (χ2n) is 6.15. The zero-order chi connectivity index (χ0) is 14.4. The molecule has 0 atom stereocenters. The SMILES string of the molecule is CCCC(=O)NCC1(N2CCOCC2)CCN(C)CC1. The maximum Gasteiger partial charge on any atom is 0.220 e. The summed E-state index contributed by atoms with van der Waals surface area (Å²) in [6, 6.07) is 0. The molecular weight excluding hydrogens is 254 g/mol. The maximum absolute atomic E-state index is 11.8. The van der Waals surface area contributed by atoms with Gasteiger partial charge in [-0.3, -0.25) is 9.69 Å². The second kappa shape index (κ2) is 7.38. The number of hydrogen-bond acceptors (Lipinski definition) is 4. The van der Waals surface area contributed by atoms with Crippen molar-refractivity contribution in [3.8, 4) is 0 Å². The van der Waals surface area contributed by atoms with Crippen molar-refractivity contribution in [2.75, 3.05) is 53.0 Å². The predicted molar refractivity (Wildman–Crippen MR) is 79.8 cm³/mol. The lowest BCUT2D eigenvalue weighted by Gasteiger charge is -2.49. The molecule has 0 aliphatic carbocycles. The van der Waals surface area contributed by atoms with Crippen LogP contribution in [-0.4, -0.2) is 74.2 Å². The van der Waals surface area contributed by atoms with Crippen LogP contribution in [0.25, 0.3) is 0 Å². The van der Waals surface area contributed by atoms with Crippen molar-refractivity contribution in [2.45, 2.75) is 38.1 Å². The van der Waals surface area contributed by atoms with Gasteiger partial charge in [0, 0.05) is 31.6 Å². The lowest BCUT2D eigenvalue weighted by molar-refractivity contribution is -0.122. The molecule has 0 aromatic heterocycles. The van der Waals surface area contributed by atoms with E-state index in [0.29, 0.717) is 6.42 Å². The van der Waals surface area contributed by atoms with Crippen LogP contribution in [0.1, 0.15) is 32.6 Å². The summed E-state index contributed by atoms with van der Waals surface area (Å²) in [5.74, 6) is 0.194. The number of ether oxygens (including phenoxy) is 1. The van der Waals surface area contributed by atoms with E-state index in [-0.39, 0.29) is 11.4 Å². The molecule has 0 unspecified atom stereocenters. The summed E-state index contributed by atoms with van der Waals surface area (Å²) in [7, 11) is 2.18. The lowest BCUT2D eigenvalue weighted by Crippen LogP contribution is -2.62. The molecule has 1 amide bonds. The van der Waals surface area contributed by atoms with Crippen LogP contribution in [-0.2, 0) is 9.53 Å². The van der Waals surface area contributed by atoms with Crippen molar-refractivity contribution in [3.05, 3.63) is 0 Å². The Morgan fingerprint density at radius 1 is 1.20 bits per heavy atom. The third kappa shape index (κ3) is 3.93. The van der Waals surface area contributed by atoms with E-state index in [0.717, 1.165) is 65.2 Å². The molecule has 2 heterocycles. The van der Waals surface area contributed by atoms with Gasteiger partial charge in [0.25, 0.3) is 0 Å². The normalized spacial score (nSPS) is 24.5.